The average Bonchev–Trinajstić information content (AvgIpc) is 3.32. The summed E-state index contributed by atoms with van der Waals surface area (Å²) < 4.78 is 28.2. The van der Waals surface area contributed by atoms with E-state index in [1.807, 2.05) is 4.90 Å². The molecule has 1 aromatic rings. The van der Waals surface area contributed by atoms with Gasteiger partial charge in [0, 0.05) is 49.5 Å². The normalized spacial score (nSPS) is 35.4. The lowest BCUT2D eigenvalue weighted by Crippen LogP contribution is -2.69. The first-order valence-corrected chi connectivity index (χ1v) is 18.2. The number of carbonyl (C=O) groups is 4. The van der Waals surface area contributed by atoms with Crippen LogP contribution >= 0.6 is 0 Å². The Balaban J connectivity index is 0.964. The number of allylic oxidation sites excluding steroid dienone is 4. The van der Waals surface area contributed by atoms with Crippen LogP contribution in [-0.2, 0) is 35.3 Å². The van der Waals surface area contributed by atoms with E-state index in [1.54, 1.807) is 39.0 Å². The number of esters is 2. The van der Waals surface area contributed by atoms with E-state index in [4.69, 9.17) is 9.47 Å². The number of halogens is 1. The van der Waals surface area contributed by atoms with E-state index < -0.39 is 75.4 Å². The van der Waals surface area contributed by atoms with Crippen LogP contribution in [0.4, 0.5) is 4.39 Å². The van der Waals surface area contributed by atoms with Crippen molar-refractivity contribution in [1.29, 1.82) is 0 Å². The van der Waals surface area contributed by atoms with E-state index in [2.05, 4.69) is 9.74 Å². The van der Waals surface area contributed by atoms with Gasteiger partial charge in [0.15, 0.2) is 18.1 Å². The maximum Gasteiger partial charge on any atom is 0.338 e. The van der Waals surface area contributed by atoms with Gasteiger partial charge < -0.3 is 24.5 Å². The molecule has 0 amide bonds. The summed E-state index contributed by atoms with van der Waals surface area (Å²) in [6.45, 7) is 7.22. The van der Waals surface area contributed by atoms with Crippen molar-refractivity contribution in [2.45, 2.75) is 70.4 Å². The Bertz CT molecular complexity index is 1690. The summed E-state index contributed by atoms with van der Waals surface area (Å²) in [6.07, 6.45) is 3.96. The highest BCUT2D eigenvalue weighted by atomic mass is 19.1. The van der Waals surface area contributed by atoms with Crippen LogP contribution in [-0.4, -0.2) is 118 Å². The van der Waals surface area contributed by atoms with Crippen molar-refractivity contribution in [1.82, 2.24) is 9.80 Å². The maximum absolute atomic E-state index is 17.4. The Labute approximate surface area is 307 Å². The topological polar surface area (TPSA) is 186 Å². The van der Waals surface area contributed by atoms with Gasteiger partial charge in [-0.2, -0.15) is 0 Å². The second-order valence-electron chi connectivity index (χ2n) is 15.7. The molecule has 5 aliphatic rings. The summed E-state index contributed by atoms with van der Waals surface area (Å²) in [7, 11) is 0. The highest BCUT2D eigenvalue weighted by Crippen LogP contribution is 2.70. The molecule has 15 heteroatoms. The predicted molar refractivity (Wildman–Crippen MR) is 185 cm³/mol. The molecule has 0 radical (unpaired) electrons. The largest absolute Gasteiger partial charge is 0.461 e. The molecule has 4 aliphatic carbocycles. The summed E-state index contributed by atoms with van der Waals surface area (Å²) >= 11 is 0. The summed E-state index contributed by atoms with van der Waals surface area (Å²) in [5.41, 5.74) is -4.85. The van der Waals surface area contributed by atoms with Gasteiger partial charge in [0.2, 0.25) is 5.78 Å². The fourth-order valence-corrected chi connectivity index (χ4v) is 10.0. The first kappa shape index (κ1) is 38.7. The number of hydrogen-bond donors (Lipinski definition) is 2. The first-order chi connectivity index (χ1) is 25.0. The van der Waals surface area contributed by atoms with Crippen molar-refractivity contribution in [3.63, 3.8) is 0 Å². The van der Waals surface area contributed by atoms with Crippen molar-refractivity contribution in [2.75, 3.05) is 52.5 Å². The van der Waals surface area contributed by atoms with Crippen LogP contribution < -0.4 is 0 Å². The molecule has 1 aliphatic heterocycles. The van der Waals surface area contributed by atoms with Crippen molar-refractivity contribution in [3.8, 4) is 0 Å². The summed E-state index contributed by atoms with van der Waals surface area (Å²) in [4.78, 5) is 69.8. The molecule has 0 spiro atoms. The van der Waals surface area contributed by atoms with Gasteiger partial charge in [-0.3, -0.25) is 24.2 Å². The van der Waals surface area contributed by atoms with E-state index in [1.165, 1.54) is 24.3 Å². The van der Waals surface area contributed by atoms with Crippen LogP contribution in [0.1, 0.15) is 62.4 Å². The molecule has 53 heavy (non-hydrogen) atoms. The van der Waals surface area contributed by atoms with E-state index in [-0.39, 0.29) is 32.0 Å². The Morgan fingerprint density at radius 1 is 1.06 bits per heavy atom. The third-order valence-corrected chi connectivity index (χ3v) is 13.0. The molecule has 1 saturated heterocycles. The van der Waals surface area contributed by atoms with Crippen LogP contribution in [0.3, 0.4) is 0 Å². The van der Waals surface area contributed by atoms with Gasteiger partial charge in [0.25, 0.3) is 5.09 Å². The zero-order valence-electron chi connectivity index (χ0n) is 30.3. The minimum Gasteiger partial charge on any atom is -0.461 e. The van der Waals surface area contributed by atoms with Gasteiger partial charge in [-0.15, -0.1) is 10.1 Å². The first-order valence-electron chi connectivity index (χ1n) is 18.2. The van der Waals surface area contributed by atoms with Gasteiger partial charge in [0.05, 0.1) is 18.2 Å². The standard InChI is InChI=1S/C38H48FN3O11/c1-24-18-30-29-9-8-27-19-28(43)10-11-35(27,2)37(29,39)31(44)20-36(30,3)38(24,48)32(45)23-52-33(46)21-41-14-12-40(13-15-41)16-17-51-34(47)26-6-4-25(5-7-26)22-53-42(49)50/h4-7,10-11,19,24,29-31,44,48H,8-9,12-18,20-23H2,1-3H3/t24-,29+,30+,31+,35+,36+,37+,38+/m1/s1. The van der Waals surface area contributed by atoms with Crippen molar-refractivity contribution in [3.05, 3.63) is 69.3 Å². The molecule has 0 bridgehead atoms. The second-order valence-corrected chi connectivity index (χ2v) is 15.7. The number of benzene rings is 1. The molecule has 14 nitrogen and oxygen atoms in total. The molecule has 1 aromatic carbocycles. The summed E-state index contributed by atoms with van der Waals surface area (Å²) in [6, 6.07) is 6.12. The van der Waals surface area contributed by atoms with Crippen LogP contribution in [0.5, 0.6) is 0 Å². The molecule has 2 N–H and O–H groups in total. The Morgan fingerprint density at radius 2 is 1.74 bits per heavy atom. The van der Waals surface area contributed by atoms with Gasteiger partial charge in [-0.25, -0.2) is 9.18 Å². The minimum absolute atomic E-state index is 0.0533. The summed E-state index contributed by atoms with van der Waals surface area (Å²) in [5.74, 6) is -3.64. The number of nitrogens with zero attached hydrogens (tertiary/aromatic N) is 3. The van der Waals surface area contributed by atoms with E-state index in [9.17, 15) is 39.5 Å². The zero-order chi connectivity index (χ0) is 38.3. The van der Waals surface area contributed by atoms with E-state index in [0.29, 0.717) is 68.7 Å². The number of rotatable bonds is 12. The number of carbonyl (C=O) groups excluding carboxylic acids is 4. The molecule has 6 rings (SSSR count). The second kappa shape index (κ2) is 14.6. The zero-order valence-corrected chi connectivity index (χ0v) is 30.3. The predicted octanol–water partition coefficient (Wildman–Crippen LogP) is 2.63. The fourth-order valence-electron chi connectivity index (χ4n) is 10.0. The third kappa shape index (κ3) is 6.81. The van der Waals surface area contributed by atoms with Crippen molar-refractivity contribution >= 4 is 23.5 Å². The Morgan fingerprint density at radius 3 is 2.42 bits per heavy atom. The maximum atomic E-state index is 17.4. The molecule has 8 atom stereocenters. The highest BCUT2D eigenvalue weighted by Gasteiger charge is 2.75. The molecule has 1 heterocycles. The molecular weight excluding hydrogens is 693 g/mol. The van der Waals surface area contributed by atoms with Crippen molar-refractivity contribution in [2.24, 2.45) is 28.6 Å². The molecule has 0 aromatic heterocycles. The number of fused-ring (bicyclic) bond motifs is 5. The van der Waals surface area contributed by atoms with Crippen LogP contribution in [0.2, 0.25) is 0 Å². The minimum atomic E-state index is -2.08. The van der Waals surface area contributed by atoms with E-state index >= 15 is 4.39 Å². The number of alkyl halides is 1. The van der Waals surface area contributed by atoms with E-state index in [0.717, 1.165) is 0 Å². The van der Waals surface area contributed by atoms with Crippen LogP contribution in [0, 0.1) is 38.7 Å². The third-order valence-electron chi connectivity index (χ3n) is 13.0. The van der Waals surface area contributed by atoms with Crippen molar-refractivity contribution < 1.29 is 53.2 Å². The lowest BCUT2D eigenvalue weighted by molar-refractivity contribution is -0.763. The number of Topliss-reactive ketones (excluding diaryl/α,β-unsaturated/α-hetero) is 1. The number of aliphatic hydroxyl groups excluding tert-OH is 1. The summed E-state index contributed by atoms with van der Waals surface area (Å²) in [5, 5.41) is 33.2. The van der Waals surface area contributed by atoms with Gasteiger partial charge in [-0.1, -0.05) is 37.6 Å². The number of ketones is 2. The number of piperazine rings is 1. The molecule has 3 saturated carbocycles. The van der Waals surface area contributed by atoms with Crippen LogP contribution in [0.15, 0.2) is 48.1 Å². The molecule has 4 fully saturated rings. The van der Waals surface area contributed by atoms with Gasteiger partial charge >= 0.3 is 11.9 Å². The van der Waals surface area contributed by atoms with Crippen LogP contribution in [0.25, 0.3) is 0 Å². The fraction of sp³-hybridized carbons (Fsp3) is 0.632. The molecular formula is C38H48FN3O11. The van der Waals surface area contributed by atoms with Gasteiger partial charge in [-0.05, 0) is 74.3 Å². The Hall–Kier alpha value is -4.05. The Kier molecular flexibility index (Phi) is 10.7. The lowest BCUT2D eigenvalue weighted by Gasteiger charge is -2.62. The SMILES string of the molecule is C[C@@H]1C[C@H]2[C@@H]3CCC4=CC(=O)C=C[C@]4(C)[C@@]3(F)[C@@H](O)C[C@]2(C)[C@@]1(O)C(=O)COC(=O)CN1CCN(CCOC(=O)c2ccc(CO[N+](=O)[O-])cc2)CC1. The molecule has 288 valence electrons. The van der Waals surface area contributed by atoms with Gasteiger partial charge in [0.1, 0.15) is 18.8 Å². The lowest BCUT2D eigenvalue weighted by atomic mass is 9.44. The average molecular weight is 742 g/mol. The monoisotopic (exact) mass is 741 g/mol. The number of ether oxygens (including phenoxy) is 2. The highest BCUT2D eigenvalue weighted by molar-refractivity contribution is 6.01. The quantitative estimate of drug-likeness (QED) is 0.181. The smallest absolute Gasteiger partial charge is 0.338 e. The molecule has 0 unspecified atom stereocenters. The number of aliphatic hydroxyl groups is 2. The number of hydrogen-bond acceptors (Lipinski definition) is 13.